The van der Waals surface area contributed by atoms with Crippen molar-refractivity contribution in [3.8, 4) is 16.9 Å². The molecule has 6 aromatic carbocycles. The van der Waals surface area contributed by atoms with Crippen LogP contribution in [0, 0.1) is 6.92 Å². The van der Waals surface area contributed by atoms with Crippen molar-refractivity contribution in [3.63, 3.8) is 0 Å². The first kappa shape index (κ1) is 40.1. The molecule has 10 heteroatoms. The van der Waals surface area contributed by atoms with Crippen LogP contribution in [0.1, 0.15) is 64.5 Å². The number of carbonyl (C=O) groups is 3. The highest BCUT2D eigenvalue weighted by Crippen LogP contribution is 2.49. The number of aryl methyl sites for hydroxylation is 1. The van der Waals surface area contributed by atoms with Gasteiger partial charge in [-0.05, 0) is 81.1 Å². The average molecular weight is 860 g/mol. The lowest BCUT2D eigenvalue weighted by atomic mass is 9.97. The molecule has 1 N–H and O–H groups in total. The third-order valence-corrected chi connectivity index (χ3v) is 14.2. The molecule has 1 unspecified atom stereocenters. The maximum Gasteiger partial charge on any atom is 0.250 e. The van der Waals surface area contributed by atoms with Gasteiger partial charge in [-0.1, -0.05) is 103 Å². The maximum absolute atomic E-state index is 14.0. The minimum absolute atomic E-state index is 0.00399. The van der Waals surface area contributed by atoms with Gasteiger partial charge in [-0.25, -0.2) is 0 Å². The smallest absolute Gasteiger partial charge is 0.250 e. The Morgan fingerprint density at radius 1 is 0.806 bits per heavy atom. The van der Waals surface area contributed by atoms with Crippen molar-refractivity contribution in [2.45, 2.75) is 51.0 Å². The lowest BCUT2D eigenvalue weighted by Crippen LogP contribution is -2.31. The van der Waals surface area contributed by atoms with Gasteiger partial charge in [0.05, 0.1) is 22.7 Å². The van der Waals surface area contributed by atoms with Gasteiger partial charge in [-0.15, -0.1) is 22.9 Å². The second-order valence-electron chi connectivity index (χ2n) is 16.5. The van der Waals surface area contributed by atoms with Gasteiger partial charge >= 0.3 is 0 Å². The zero-order valence-electron chi connectivity index (χ0n) is 34.5. The number of rotatable bonds is 13. The fraction of sp³-hybridized carbons (Fsp3) is 0.250. The SMILES string of the molecule is Cc1csc2c(OCc3ccccc3)cc3c(c12)C(CCl)CN3C(=O)CCCC(=O)N1CCc2c1cc(NC(=O)COCC1c3ccccc3-c3ccccc31)c1ccccc21. The fourth-order valence-electron chi connectivity index (χ4n) is 9.79. The number of carbonyl (C=O) groups excluding carboxylic acids is 3. The molecule has 10 rings (SSSR count). The van der Waals surface area contributed by atoms with Crippen molar-refractivity contribution in [3.05, 3.63) is 154 Å². The van der Waals surface area contributed by atoms with Gasteiger partial charge in [0, 0.05) is 66.2 Å². The van der Waals surface area contributed by atoms with Crippen LogP contribution >= 0.6 is 22.9 Å². The molecule has 0 fully saturated rings. The fourth-order valence-corrected chi connectivity index (χ4v) is 11.1. The van der Waals surface area contributed by atoms with Crippen molar-refractivity contribution in [2.24, 2.45) is 0 Å². The Kier molecular flexibility index (Phi) is 11.0. The van der Waals surface area contributed by atoms with Crippen LogP contribution in [0.25, 0.3) is 32.0 Å². The molecule has 312 valence electrons. The van der Waals surface area contributed by atoms with Gasteiger partial charge in [0.1, 0.15) is 19.0 Å². The number of amides is 3. The predicted octanol–water partition coefficient (Wildman–Crippen LogP) is 11.1. The Bertz CT molecular complexity index is 2830. The number of hydrogen-bond donors (Lipinski definition) is 1. The largest absolute Gasteiger partial charge is 0.487 e. The molecule has 8 nitrogen and oxygen atoms in total. The number of nitrogens with one attached hydrogen (secondary N) is 1. The Morgan fingerprint density at radius 3 is 2.23 bits per heavy atom. The molecule has 7 aromatic rings. The van der Waals surface area contributed by atoms with Crippen molar-refractivity contribution >= 4 is 78.6 Å². The number of ether oxygens (including phenoxy) is 2. The van der Waals surface area contributed by atoms with Crippen LogP contribution in [0.3, 0.4) is 0 Å². The zero-order valence-corrected chi connectivity index (χ0v) is 36.1. The van der Waals surface area contributed by atoms with E-state index in [1.54, 1.807) is 11.3 Å². The van der Waals surface area contributed by atoms with Crippen molar-refractivity contribution in [1.82, 2.24) is 0 Å². The molecule has 3 amide bonds. The van der Waals surface area contributed by atoms with Gasteiger partial charge in [0.2, 0.25) is 17.7 Å². The van der Waals surface area contributed by atoms with E-state index in [0.29, 0.717) is 50.7 Å². The molecule has 62 heavy (non-hydrogen) atoms. The third kappa shape index (κ3) is 7.32. The Balaban J connectivity index is 0.808. The van der Waals surface area contributed by atoms with E-state index in [0.717, 1.165) is 60.2 Å². The molecule has 0 radical (unpaired) electrons. The predicted molar refractivity (Wildman–Crippen MR) is 250 cm³/mol. The first-order valence-electron chi connectivity index (χ1n) is 21.4. The number of anilines is 3. The normalized spacial score (nSPS) is 15.2. The molecule has 1 atom stereocenters. The van der Waals surface area contributed by atoms with Crippen molar-refractivity contribution in [1.29, 1.82) is 0 Å². The first-order chi connectivity index (χ1) is 30.4. The molecular weight excluding hydrogens is 814 g/mol. The number of alkyl halides is 1. The summed E-state index contributed by atoms with van der Waals surface area (Å²) in [4.78, 5) is 45.2. The first-order valence-corrected chi connectivity index (χ1v) is 22.8. The summed E-state index contributed by atoms with van der Waals surface area (Å²) < 4.78 is 13.6. The van der Waals surface area contributed by atoms with Gasteiger partial charge in [0.15, 0.2) is 0 Å². The van der Waals surface area contributed by atoms with E-state index in [9.17, 15) is 14.4 Å². The lowest BCUT2D eigenvalue weighted by Gasteiger charge is -2.21. The van der Waals surface area contributed by atoms with E-state index in [1.165, 1.54) is 22.3 Å². The molecule has 2 aliphatic heterocycles. The molecular formula is C52H46ClN3O5S. The molecule has 0 saturated heterocycles. The summed E-state index contributed by atoms with van der Waals surface area (Å²) in [6, 6.07) is 38.7. The average Bonchev–Trinajstić information content (AvgIpc) is 4.08. The van der Waals surface area contributed by atoms with E-state index < -0.39 is 0 Å². The van der Waals surface area contributed by atoms with E-state index in [1.807, 2.05) is 88.7 Å². The molecule has 0 saturated carbocycles. The van der Waals surface area contributed by atoms with Crippen LogP contribution in [0.2, 0.25) is 0 Å². The molecule has 0 bridgehead atoms. The van der Waals surface area contributed by atoms with Crippen LogP contribution in [0.4, 0.5) is 17.1 Å². The quantitative estimate of drug-likeness (QED) is 0.117. The van der Waals surface area contributed by atoms with Crippen LogP contribution in [-0.4, -0.2) is 49.9 Å². The number of fused-ring (bicyclic) bond motifs is 9. The molecule has 3 heterocycles. The molecule has 1 aromatic heterocycles. The second kappa shape index (κ2) is 17.0. The van der Waals surface area contributed by atoms with E-state index >= 15 is 0 Å². The number of halogens is 1. The highest BCUT2D eigenvalue weighted by Gasteiger charge is 2.36. The van der Waals surface area contributed by atoms with Crippen LogP contribution in [0.15, 0.2) is 121 Å². The summed E-state index contributed by atoms with van der Waals surface area (Å²) in [5, 5.41) is 8.30. The van der Waals surface area contributed by atoms with Gasteiger partial charge in [-0.3, -0.25) is 14.4 Å². The summed E-state index contributed by atoms with van der Waals surface area (Å²) in [5.41, 5.74) is 11.5. The minimum atomic E-state index is -0.256. The Labute approximate surface area is 370 Å². The highest BCUT2D eigenvalue weighted by molar-refractivity contribution is 7.17. The van der Waals surface area contributed by atoms with E-state index in [2.05, 4.69) is 54.0 Å². The van der Waals surface area contributed by atoms with Crippen molar-refractivity contribution in [2.75, 3.05) is 47.3 Å². The Morgan fingerprint density at radius 2 is 1.48 bits per heavy atom. The summed E-state index contributed by atoms with van der Waals surface area (Å²) in [5.74, 6) is 0.871. The van der Waals surface area contributed by atoms with Crippen LogP contribution in [-0.2, 0) is 32.1 Å². The summed E-state index contributed by atoms with van der Waals surface area (Å²) in [6.45, 7) is 3.84. The zero-order chi connectivity index (χ0) is 42.3. The molecule has 0 spiro atoms. The monoisotopic (exact) mass is 859 g/mol. The maximum atomic E-state index is 14.0. The summed E-state index contributed by atoms with van der Waals surface area (Å²) >= 11 is 8.23. The number of hydrogen-bond acceptors (Lipinski definition) is 6. The number of thiophene rings is 1. The summed E-state index contributed by atoms with van der Waals surface area (Å²) in [7, 11) is 0. The van der Waals surface area contributed by atoms with Gasteiger partial charge in [-0.2, -0.15) is 0 Å². The Hall–Kier alpha value is -6.00. The topological polar surface area (TPSA) is 88.2 Å². The van der Waals surface area contributed by atoms with E-state index in [-0.39, 0.29) is 49.0 Å². The lowest BCUT2D eigenvalue weighted by molar-refractivity contribution is -0.121. The number of nitrogens with zero attached hydrogens (tertiary/aromatic N) is 2. The van der Waals surface area contributed by atoms with Gasteiger partial charge < -0.3 is 24.6 Å². The summed E-state index contributed by atoms with van der Waals surface area (Å²) in [6.07, 6.45) is 1.55. The second-order valence-corrected chi connectivity index (χ2v) is 17.7. The number of benzene rings is 6. The standard InChI is InChI=1S/C52H46ClN3O5S/c1-32-31-62-52-46(61-28-33-12-3-2-4-13-33)25-45-51(50(32)52)34(26-53)27-56(45)49(59)21-11-20-48(58)55-23-22-41-39-18-9-10-19-40(39)43(24-44(41)55)54-47(57)30-60-29-42-37-16-7-5-14-35(37)36-15-6-8-17-38(36)42/h2-10,12-19,24-25,31,34,42H,11,20-23,26-30H2,1H3,(H,54,57). The van der Waals surface area contributed by atoms with Crippen LogP contribution in [0.5, 0.6) is 5.75 Å². The van der Waals surface area contributed by atoms with E-state index in [4.69, 9.17) is 21.1 Å². The highest BCUT2D eigenvalue weighted by atomic mass is 35.5. The van der Waals surface area contributed by atoms with Crippen LogP contribution < -0.4 is 19.9 Å². The third-order valence-electron chi connectivity index (χ3n) is 12.7. The van der Waals surface area contributed by atoms with Crippen molar-refractivity contribution < 1.29 is 23.9 Å². The molecule has 1 aliphatic carbocycles. The van der Waals surface area contributed by atoms with Gasteiger partial charge in [0.25, 0.3) is 0 Å². The molecule has 3 aliphatic rings. The minimum Gasteiger partial charge on any atom is -0.487 e.